The van der Waals surface area contributed by atoms with Gasteiger partial charge < -0.3 is 10.1 Å². The Bertz CT molecular complexity index is 538. The molecule has 1 aromatic heterocycles. The zero-order valence-electron chi connectivity index (χ0n) is 13.2. The molecule has 0 saturated heterocycles. The molecule has 2 N–H and O–H groups in total. The first-order chi connectivity index (χ1) is 11.0. The lowest BCUT2D eigenvalue weighted by molar-refractivity contribution is -0.153. The van der Waals surface area contributed by atoms with Crippen molar-refractivity contribution in [1.29, 1.82) is 0 Å². The summed E-state index contributed by atoms with van der Waals surface area (Å²) in [6.07, 6.45) is 4.38. The fraction of sp³-hybridized carbons (Fsp3) is 0.562. The third-order valence-corrected chi connectivity index (χ3v) is 4.63. The summed E-state index contributed by atoms with van der Waals surface area (Å²) in [6.45, 7) is 1.45. The first kappa shape index (κ1) is 17.5. The van der Waals surface area contributed by atoms with E-state index in [2.05, 4.69) is 10.6 Å². The van der Waals surface area contributed by atoms with E-state index in [0.717, 1.165) is 30.6 Å². The minimum absolute atomic E-state index is 0.119. The molecule has 3 amide bonds. The Hall–Kier alpha value is -1.89. The van der Waals surface area contributed by atoms with Gasteiger partial charge in [-0.15, -0.1) is 11.3 Å². The van der Waals surface area contributed by atoms with E-state index < -0.39 is 24.0 Å². The van der Waals surface area contributed by atoms with Crippen LogP contribution in [0.5, 0.6) is 0 Å². The Morgan fingerprint density at radius 3 is 2.70 bits per heavy atom. The number of rotatable bonds is 5. The minimum Gasteiger partial charge on any atom is -0.452 e. The van der Waals surface area contributed by atoms with Crippen LogP contribution in [0.1, 0.15) is 43.9 Å². The maximum absolute atomic E-state index is 11.9. The average molecular weight is 338 g/mol. The summed E-state index contributed by atoms with van der Waals surface area (Å²) in [5.41, 5.74) is 0. The summed E-state index contributed by atoms with van der Waals surface area (Å²) in [4.78, 5) is 36.3. The highest BCUT2D eigenvalue weighted by Crippen LogP contribution is 2.17. The Morgan fingerprint density at radius 1 is 1.30 bits per heavy atom. The van der Waals surface area contributed by atoms with Crippen LogP contribution in [0.2, 0.25) is 0 Å². The fourth-order valence-corrected chi connectivity index (χ4v) is 3.22. The van der Waals surface area contributed by atoms with Crippen LogP contribution in [0, 0.1) is 0 Å². The predicted octanol–water partition coefficient (Wildman–Crippen LogP) is 2.38. The lowest BCUT2D eigenvalue weighted by Gasteiger charge is -2.23. The molecule has 1 fully saturated rings. The van der Waals surface area contributed by atoms with E-state index in [1.54, 1.807) is 0 Å². The van der Waals surface area contributed by atoms with E-state index in [9.17, 15) is 14.4 Å². The van der Waals surface area contributed by atoms with Gasteiger partial charge in [0, 0.05) is 10.9 Å². The number of carbonyl (C=O) groups excluding carboxylic acids is 3. The molecule has 0 spiro atoms. The third kappa shape index (κ3) is 6.02. The number of imide groups is 1. The number of thiophene rings is 1. The molecule has 2 rings (SSSR count). The van der Waals surface area contributed by atoms with Crippen LogP contribution in [0.4, 0.5) is 4.79 Å². The molecule has 0 unspecified atom stereocenters. The van der Waals surface area contributed by atoms with Crippen molar-refractivity contribution in [3.63, 3.8) is 0 Å². The first-order valence-electron chi connectivity index (χ1n) is 7.88. The summed E-state index contributed by atoms with van der Waals surface area (Å²) in [7, 11) is 0. The van der Waals surface area contributed by atoms with Gasteiger partial charge in [0.1, 0.15) is 0 Å². The van der Waals surface area contributed by atoms with Crippen LogP contribution < -0.4 is 10.6 Å². The van der Waals surface area contributed by atoms with Gasteiger partial charge in [0.2, 0.25) is 0 Å². The predicted molar refractivity (Wildman–Crippen MR) is 87.1 cm³/mol. The average Bonchev–Trinajstić information content (AvgIpc) is 3.00. The summed E-state index contributed by atoms with van der Waals surface area (Å²) >= 11 is 1.45. The van der Waals surface area contributed by atoms with Crippen LogP contribution >= 0.6 is 11.3 Å². The molecule has 126 valence electrons. The SMILES string of the molecule is C[C@H](OC(=O)Cc1cccs1)C(=O)NC(=O)NC1CCCCC1. The number of ether oxygens (including phenoxy) is 1. The van der Waals surface area contributed by atoms with Gasteiger partial charge in [-0.2, -0.15) is 0 Å². The molecule has 0 bridgehead atoms. The Balaban J connectivity index is 1.71. The van der Waals surface area contributed by atoms with Crippen LogP contribution in [0.25, 0.3) is 0 Å². The molecule has 1 atom stereocenters. The summed E-state index contributed by atoms with van der Waals surface area (Å²) in [5.74, 6) is -1.10. The monoisotopic (exact) mass is 338 g/mol. The van der Waals surface area contributed by atoms with Crippen LogP contribution in [-0.4, -0.2) is 30.1 Å². The van der Waals surface area contributed by atoms with E-state index >= 15 is 0 Å². The quantitative estimate of drug-likeness (QED) is 0.807. The highest BCUT2D eigenvalue weighted by Gasteiger charge is 2.22. The number of carbonyl (C=O) groups is 3. The summed E-state index contributed by atoms with van der Waals surface area (Å²) in [5, 5.41) is 6.88. The number of urea groups is 1. The molecule has 0 aromatic carbocycles. The van der Waals surface area contributed by atoms with Crippen molar-refractivity contribution in [2.45, 2.75) is 57.6 Å². The molecule has 23 heavy (non-hydrogen) atoms. The zero-order chi connectivity index (χ0) is 16.7. The highest BCUT2D eigenvalue weighted by molar-refractivity contribution is 7.10. The second kappa shape index (κ2) is 8.67. The van der Waals surface area contributed by atoms with Gasteiger partial charge in [0.15, 0.2) is 6.10 Å². The van der Waals surface area contributed by atoms with Gasteiger partial charge in [0.05, 0.1) is 6.42 Å². The van der Waals surface area contributed by atoms with Crippen molar-refractivity contribution in [3.8, 4) is 0 Å². The second-order valence-corrected chi connectivity index (χ2v) is 6.72. The van der Waals surface area contributed by atoms with Crippen LogP contribution in [0.15, 0.2) is 17.5 Å². The molecular formula is C16H22N2O4S. The van der Waals surface area contributed by atoms with Crippen molar-refractivity contribution < 1.29 is 19.1 Å². The van der Waals surface area contributed by atoms with Gasteiger partial charge in [-0.05, 0) is 31.2 Å². The second-order valence-electron chi connectivity index (χ2n) is 5.69. The van der Waals surface area contributed by atoms with Crippen LogP contribution in [0.3, 0.4) is 0 Å². The lowest BCUT2D eigenvalue weighted by atomic mass is 9.96. The largest absolute Gasteiger partial charge is 0.452 e. The molecule has 1 aliphatic rings. The van der Waals surface area contributed by atoms with E-state index in [1.807, 2.05) is 17.5 Å². The standard InChI is InChI=1S/C16H22N2O4S/c1-11(22-14(19)10-13-8-5-9-23-13)15(20)18-16(21)17-12-6-3-2-4-7-12/h5,8-9,11-12H,2-4,6-7,10H2,1H3,(H2,17,18,20,21)/t11-/m0/s1. The number of amides is 3. The summed E-state index contributed by atoms with van der Waals surface area (Å²) in [6, 6.07) is 3.27. The topological polar surface area (TPSA) is 84.5 Å². The third-order valence-electron chi connectivity index (χ3n) is 3.75. The van der Waals surface area contributed by atoms with Gasteiger partial charge in [0.25, 0.3) is 5.91 Å². The molecule has 0 aliphatic heterocycles. The molecular weight excluding hydrogens is 316 g/mol. The highest BCUT2D eigenvalue weighted by atomic mass is 32.1. The van der Waals surface area contributed by atoms with E-state index in [0.29, 0.717) is 0 Å². The minimum atomic E-state index is -1.00. The molecule has 1 saturated carbocycles. The molecule has 7 heteroatoms. The Labute approximate surface area is 139 Å². The van der Waals surface area contributed by atoms with Crippen molar-refractivity contribution >= 4 is 29.2 Å². The zero-order valence-corrected chi connectivity index (χ0v) is 14.0. The molecule has 1 aromatic rings. The molecule has 0 radical (unpaired) electrons. The number of nitrogens with one attached hydrogen (secondary N) is 2. The van der Waals surface area contributed by atoms with Crippen LogP contribution in [-0.2, 0) is 20.7 Å². The first-order valence-corrected chi connectivity index (χ1v) is 8.76. The number of hydrogen-bond acceptors (Lipinski definition) is 5. The van der Waals surface area contributed by atoms with Gasteiger partial charge in [-0.3, -0.25) is 14.9 Å². The summed E-state index contributed by atoms with van der Waals surface area (Å²) < 4.78 is 5.05. The Kier molecular flexibility index (Phi) is 6.58. The molecule has 6 nitrogen and oxygen atoms in total. The van der Waals surface area contributed by atoms with Gasteiger partial charge in [-0.25, -0.2) is 4.79 Å². The van der Waals surface area contributed by atoms with Crippen molar-refractivity contribution in [3.05, 3.63) is 22.4 Å². The van der Waals surface area contributed by atoms with E-state index in [-0.39, 0.29) is 12.5 Å². The smallest absolute Gasteiger partial charge is 0.321 e. The van der Waals surface area contributed by atoms with Crippen molar-refractivity contribution in [2.75, 3.05) is 0 Å². The van der Waals surface area contributed by atoms with Gasteiger partial charge in [-0.1, -0.05) is 25.3 Å². The van der Waals surface area contributed by atoms with Crippen molar-refractivity contribution in [1.82, 2.24) is 10.6 Å². The normalized spacial score (nSPS) is 16.4. The lowest BCUT2D eigenvalue weighted by Crippen LogP contribution is -2.48. The number of esters is 1. The van der Waals surface area contributed by atoms with E-state index in [1.165, 1.54) is 24.7 Å². The molecule has 1 heterocycles. The molecule has 1 aliphatic carbocycles. The van der Waals surface area contributed by atoms with Crippen molar-refractivity contribution in [2.24, 2.45) is 0 Å². The van der Waals surface area contributed by atoms with E-state index in [4.69, 9.17) is 4.74 Å². The number of hydrogen-bond donors (Lipinski definition) is 2. The maximum Gasteiger partial charge on any atom is 0.321 e. The maximum atomic E-state index is 11.9. The Morgan fingerprint density at radius 2 is 2.04 bits per heavy atom. The fourth-order valence-electron chi connectivity index (χ4n) is 2.53. The van der Waals surface area contributed by atoms with Gasteiger partial charge >= 0.3 is 12.0 Å².